The molecule has 0 aliphatic heterocycles. The molecule has 0 saturated carbocycles. The van der Waals surface area contributed by atoms with Crippen molar-refractivity contribution in [3.63, 3.8) is 0 Å². The zero-order chi connectivity index (χ0) is 17.7. The Hall–Kier alpha value is -2.57. The van der Waals surface area contributed by atoms with Gasteiger partial charge in [0.05, 0.1) is 5.56 Å². The fourth-order valence-corrected chi connectivity index (χ4v) is 2.09. The molecule has 0 aliphatic carbocycles. The number of carbonyl (C=O) groups excluding carboxylic acids is 1. The first-order valence-corrected chi connectivity index (χ1v) is 7.45. The Labute approximate surface area is 137 Å². The largest absolute Gasteiger partial charge is 0.439 e. The Balaban J connectivity index is 2.08. The maximum atomic E-state index is 12.5. The third-order valence-corrected chi connectivity index (χ3v) is 3.44. The minimum absolute atomic E-state index is 0.0471. The first-order chi connectivity index (χ1) is 11.3. The van der Waals surface area contributed by atoms with Crippen molar-refractivity contribution in [1.29, 1.82) is 0 Å². The summed E-state index contributed by atoms with van der Waals surface area (Å²) in [5, 5.41) is 0. The van der Waals surface area contributed by atoms with Gasteiger partial charge in [-0.05, 0) is 44.2 Å². The van der Waals surface area contributed by atoms with Gasteiger partial charge in [-0.2, -0.15) is 13.2 Å². The SMILES string of the molecule is CCN(CC)C(=O)c1ccc(Oc2ccc(C(F)(F)F)cn2)cc1. The highest BCUT2D eigenvalue weighted by Gasteiger charge is 2.30. The molecule has 0 spiro atoms. The van der Waals surface area contributed by atoms with Crippen LogP contribution in [0.2, 0.25) is 0 Å². The van der Waals surface area contributed by atoms with E-state index in [0.717, 1.165) is 12.1 Å². The number of ether oxygens (including phenoxy) is 1. The van der Waals surface area contributed by atoms with Gasteiger partial charge in [0, 0.05) is 30.9 Å². The topological polar surface area (TPSA) is 42.4 Å². The van der Waals surface area contributed by atoms with E-state index in [9.17, 15) is 18.0 Å². The van der Waals surface area contributed by atoms with Crippen LogP contribution in [-0.2, 0) is 6.18 Å². The Morgan fingerprint density at radius 2 is 1.71 bits per heavy atom. The fourth-order valence-electron chi connectivity index (χ4n) is 2.09. The summed E-state index contributed by atoms with van der Waals surface area (Å²) in [6.45, 7) is 5.02. The predicted molar refractivity (Wildman–Crippen MR) is 83.0 cm³/mol. The molecule has 2 rings (SSSR count). The van der Waals surface area contributed by atoms with Crippen LogP contribution in [0, 0.1) is 0 Å². The van der Waals surface area contributed by atoms with Crippen molar-refractivity contribution in [2.24, 2.45) is 0 Å². The number of carbonyl (C=O) groups is 1. The number of hydrogen-bond acceptors (Lipinski definition) is 3. The number of hydrogen-bond donors (Lipinski definition) is 0. The Morgan fingerprint density at radius 1 is 1.08 bits per heavy atom. The summed E-state index contributed by atoms with van der Waals surface area (Å²) >= 11 is 0. The van der Waals surface area contributed by atoms with Gasteiger partial charge in [-0.1, -0.05) is 0 Å². The highest BCUT2D eigenvalue weighted by atomic mass is 19.4. The summed E-state index contributed by atoms with van der Waals surface area (Å²) in [5.41, 5.74) is -0.318. The van der Waals surface area contributed by atoms with E-state index in [4.69, 9.17) is 4.74 Å². The van der Waals surface area contributed by atoms with Crippen molar-refractivity contribution >= 4 is 5.91 Å². The highest BCUT2D eigenvalue weighted by Crippen LogP contribution is 2.30. The number of alkyl halides is 3. The minimum Gasteiger partial charge on any atom is -0.439 e. The summed E-state index contributed by atoms with van der Waals surface area (Å²) in [6, 6.07) is 8.44. The van der Waals surface area contributed by atoms with Gasteiger partial charge in [-0.15, -0.1) is 0 Å². The summed E-state index contributed by atoms with van der Waals surface area (Å²) < 4.78 is 42.8. The maximum absolute atomic E-state index is 12.5. The molecule has 1 aromatic carbocycles. The van der Waals surface area contributed by atoms with Crippen molar-refractivity contribution in [3.05, 3.63) is 53.7 Å². The average molecular weight is 338 g/mol. The monoisotopic (exact) mass is 338 g/mol. The smallest absolute Gasteiger partial charge is 0.417 e. The van der Waals surface area contributed by atoms with Gasteiger partial charge in [-0.25, -0.2) is 4.98 Å². The number of rotatable bonds is 5. The second kappa shape index (κ2) is 7.33. The van der Waals surface area contributed by atoms with Crippen molar-refractivity contribution in [2.45, 2.75) is 20.0 Å². The van der Waals surface area contributed by atoms with Crippen molar-refractivity contribution in [3.8, 4) is 11.6 Å². The van der Waals surface area contributed by atoms with E-state index in [0.29, 0.717) is 30.6 Å². The molecule has 24 heavy (non-hydrogen) atoms. The van der Waals surface area contributed by atoms with Gasteiger partial charge in [0.2, 0.25) is 5.88 Å². The molecule has 2 aromatic rings. The molecule has 0 radical (unpaired) electrons. The molecule has 0 N–H and O–H groups in total. The van der Waals surface area contributed by atoms with Crippen LogP contribution in [-0.4, -0.2) is 28.9 Å². The third-order valence-electron chi connectivity index (χ3n) is 3.44. The van der Waals surface area contributed by atoms with Crippen LogP contribution in [0.5, 0.6) is 11.6 Å². The Bertz CT molecular complexity index is 678. The standard InChI is InChI=1S/C17H17F3N2O2/c1-3-22(4-2)16(23)12-5-8-14(9-6-12)24-15-10-7-13(11-21-15)17(18,19)20/h5-11H,3-4H2,1-2H3. The van der Waals surface area contributed by atoms with Crippen molar-refractivity contribution in [2.75, 3.05) is 13.1 Å². The molecule has 128 valence electrons. The van der Waals surface area contributed by atoms with Gasteiger partial charge in [0.15, 0.2) is 0 Å². The van der Waals surface area contributed by atoms with Crippen LogP contribution in [0.1, 0.15) is 29.8 Å². The molecular weight excluding hydrogens is 321 g/mol. The highest BCUT2D eigenvalue weighted by molar-refractivity contribution is 5.94. The zero-order valence-corrected chi connectivity index (χ0v) is 13.3. The molecule has 0 unspecified atom stereocenters. The van der Waals surface area contributed by atoms with E-state index in [1.165, 1.54) is 0 Å². The lowest BCUT2D eigenvalue weighted by atomic mass is 10.2. The van der Waals surface area contributed by atoms with E-state index in [2.05, 4.69) is 4.98 Å². The number of aromatic nitrogens is 1. The Kier molecular flexibility index (Phi) is 5.43. The van der Waals surface area contributed by atoms with Crippen LogP contribution in [0.15, 0.2) is 42.6 Å². The molecular formula is C17H17F3N2O2. The lowest BCUT2D eigenvalue weighted by molar-refractivity contribution is -0.137. The van der Waals surface area contributed by atoms with Crippen LogP contribution >= 0.6 is 0 Å². The summed E-state index contributed by atoms with van der Waals surface area (Å²) in [6.07, 6.45) is -3.72. The van der Waals surface area contributed by atoms with Gasteiger partial charge < -0.3 is 9.64 Å². The van der Waals surface area contributed by atoms with E-state index in [1.54, 1.807) is 29.2 Å². The van der Waals surface area contributed by atoms with Crippen LogP contribution in [0.25, 0.3) is 0 Å². The molecule has 1 aromatic heterocycles. The predicted octanol–water partition coefficient (Wildman–Crippen LogP) is 4.37. The lowest BCUT2D eigenvalue weighted by Crippen LogP contribution is -2.30. The zero-order valence-electron chi connectivity index (χ0n) is 13.3. The van der Waals surface area contributed by atoms with Gasteiger partial charge in [0.1, 0.15) is 5.75 Å². The van der Waals surface area contributed by atoms with Crippen molar-refractivity contribution < 1.29 is 22.7 Å². The molecule has 0 aliphatic rings. The number of nitrogens with zero attached hydrogens (tertiary/aromatic N) is 2. The molecule has 4 nitrogen and oxygen atoms in total. The summed E-state index contributed by atoms with van der Waals surface area (Å²) in [7, 11) is 0. The second-order valence-corrected chi connectivity index (χ2v) is 4.99. The minimum atomic E-state index is -4.43. The Morgan fingerprint density at radius 3 is 2.17 bits per heavy atom. The molecule has 0 atom stereocenters. The molecule has 1 amide bonds. The van der Waals surface area contributed by atoms with Gasteiger partial charge in [0.25, 0.3) is 5.91 Å². The van der Waals surface area contributed by atoms with Crippen LogP contribution in [0.4, 0.5) is 13.2 Å². The fraction of sp³-hybridized carbons (Fsp3) is 0.294. The number of amides is 1. The first-order valence-electron chi connectivity index (χ1n) is 7.45. The van der Waals surface area contributed by atoms with Crippen molar-refractivity contribution in [1.82, 2.24) is 9.88 Å². The first kappa shape index (κ1) is 17.8. The molecule has 1 heterocycles. The summed E-state index contributed by atoms with van der Waals surface area (Å²) in [5.74, 6) is 0.350. The van der Waals surface area contributed by atoms with Gasteiger partial charge >= 0.3 is 6.18 Å². The van der Waals surface area contributed by atoms with E-state index >= 15 is 0 Å². The second-order valence-electron chi connectivity index (χ2n) is 4.99. The van der Waals surface area contributed by atoms with E-state index in [-0.39, 0.29) is 11.8 Å². The van der Waals surface area contributed by atoms with E-state index < -0.39 is 11.7 Å². The molecule has 0 fully saturated rings. The number of pyridine rings is 1. The van der Waals surface area contributed by atoms with Gasteiger partial charge in [-0.3, -0.25) is 4.79 Å². The molecule has 7 heteroatoms. The third kappa shape index (κ3) is 4.24. The quantitative estimate of drug-likeness (QED) is 0.813. The number of benzene rings is 1. The van der Waals surface area contributed by atoms with E-state index in [1.807, 2.05) is 13.8 Å². The number of halogens is 3. The van der Waals surface area contributed by atoms with Crippen LogP contribution in [0.3, 0.4) is 0 Å². The molecule has 0 saturated heterocycles. The average Bonchev–Trinajstić information content (AvgIpc) is 2.56. The normalized spacial score (nSPS) is 11.2. The lowest BCUT2D eigenvalue weighted by Gasteiger charge is -2.18. The van der Waals surface area contributed by atoms with Crippen LogP contribution < -0.4 is 4.74 Å². The molecule has 0 bridgehead atoms. The summed E-state index contributed by atoms with van der Waals surface area (Å²) in [4.78, 5) is 17.5. The maximum Gasteiger partial charge on any atom is 0.417 e.